The Morgan fingerprint density at radius 3 is 2.30 bits per heavy atom. The van der Waals surface area contributed by atoms with E-state index in [4.69, 9.17) is 0 Å². The van der Waals surface area contributed by atoms with E-state index >= 15 is 0 Å². The summed E-state index contributed by atoms with van der Waals surface area (Å²) in [6, 6.07) is -0.472. The molecule has 6 heteroatoms. The first-order chi connectivity index (χ1) is 9.36. The van der Waals surface area contributed by atoms with Crippen molar-refractivity contribution in [2.75, 3.05) is 0 Å². The van der Waals surface area contributed by atoms with Gasteiger partial charge in [-0.3, -0.25) is 4.79 Å². The fourth-order valence-electron chi connectivity index (χ4n) is 3.45. The van der Waals surface area contributed by atoms with Gasteiger partial charge in [-0.15, -0.1) is 0 Å². The number of hydrogen-bond donors (Lipinski definition) is 2. The maximum absolute atomic E-state index is 12.5. The van der Waals surface area contributed by atoms with Gasteiger partial charge in [0.1, 0.15) is 0 Å². The van der Waals surface area contributed by atoms with E-state index < -0.39 is 27.4 Å². The zero-order chi connectivity index (χ0) is 14.8. The number of hydrogen-bond acceptors (Lipinski definition) is 3. The monoisotopic (exact) mass is 303 g/mol. The molecule has 0 amide bonds. The Balaban J connectivity index is 2.11. The van der Waals surface area contributed by atoms with Crippen LogP contribution in [0.4, 0.5) is 0 Å². The number of carboxylic acid groups (broad SMARTS) is 1. The normalized spacial score (nSPS) is 33.0. The molecule has 2 fully saturated rings. The molecule has 20 heavy (non-hydrogen) atoms. The minimum absolute atomic E-state index is 0.337. The van der Waals surface area contributed by atoms with Crippen LogP contribution >= 0.6 is 0 Å². The van der Waals surface area contributed by atoms with Crippen LogP contribution in [0.2, 0.25) is 0 Å². The molecular formula is C14H25NO4S. The maximum Gasteiger partial charge on any atom is 0.310 e. The smallest absolute Gasteiger partial charge is 0.310 e. The van der Waals surface area contributed by atoms with Gasteiger partial charge in [0.15, 0.2) is 0 Å². The van der Waals surface area contributed by atoms with E-state index in [1.807, 2.05) is 0 Å². The average molecular weight is 303 g/mol. The first-order valence-electron chi connectivity index (χ1n) is 7.61. The Morgan fingerprint density at radius 1 is 1.10 bits per heavy atom. The molecule has 0 spiro atoms. The van der Waals surface area contributed by atoms with Crippen LogP contribution in [0.1, 0.15) is 64.7 Å². The van der Waals surface area contributed by atoms with Crippen molar-refractivity contribution in [1.82, 2.24) is 4.72 Å². The SMILES string of the molecule is CC1(C(=O)O)CCCCC1NS(=O)(=O)C1CCCCC1. The lowest BCUT2D eigenvalue weighted by molar-refractivity contribution is -0.151. The van der Waals surface area contributed by atoms with Crippen molar-refractivity contribution in [3.05, 3.63) is 0 Å². The van der Waals surface area contributed by atoms with Crippen LogP contribution in [-0.4, -0.2) is 30.8 Å². The van der Waals surface area contributed by atoms with Crippen LogP contribution in [0.15, 0.2) is 0 Å². The van der Waals surface area contributed by atoms with E-state index in [-0.39, 0.29) is 5.25 Å². The van der Waals surface area contributed by atoms with Gasteiger partial charge in [0.25, 0.3) is 0 Å². The predicted octanol–water partition coefficient (Wildman–Crippen LogP) is 2.27. The molecule has 2 atom stereocenters. The number of aliphatic carboxylic acids is 1. The molecule has 0 aromatic rings. The predicted molar refractivity (Wildman–Crippen MR) is 76.9 cm³/mol. The molecule has 0 aliphatic heterocycles. The first kappa shape index (κ1) is 15.8. The van der Waals surface area contributed by atoms with Gasteiger partial charge in [0.2, 0.25) is 10.0 Å². The molecule has 0 radical (unpaired) electrons. The van der Waals surface area contributed by atoms with Crippen molar-refractivity contribution < 1.29 is 18.3 Å². The summed E-state index contributed by atoms with van der Waals surface area (Å²) in [7, 11) is -3.40. The number of rotatable bonds is 4. The topological polar surface area (TPSA) is 83.5 Å². The van der Waals surface area contributed by atoms with Crippen LogP contribution in [0.25, 0.3) is 0 Å². The molecule has 0 saturated heterocycles. The lowest BCUT2D eigenvalue weighted by Crippen LogP contribution is -2.54. The molecule has 0 heterocycles. The van der Waals surface area contributed by atoms with Gasteiger partial charge in [0, 0.05) is 6.04 Å². The molecule has 2 saturated carbocycles. The van der Waals surface area contributed by atoms with Gasteiger partial charge in [-0.05, 0) is 32.6 Å². The number of carboxylic acids is 1. The van der Waals surface area contributed by atoms with Gasteiger partial charge in [-0.2, -0.15) is 0 Å². The van der Waals surface area contributed by atoms with E-state index in [0.29, 0.717) is 25.7 Å². The fourth-order valence-corrected chi connectivity index (χ4v) is 5.37. The van der Waals surface area contributed by atoms with Crippen molar-refractivity contribution in [1.29, 1.82) is 0 Å². The van der Waals surface area contributed by atoms with Gasteiger partial charge in [-0.25, -0.2) is 13.1 Å². The van der Waals surface area contributed by atoms with Gasteiger partial charge >= 0.3 is 5.97 Å². The molecular weight excluding hydrogens is 278 g/mol. The molecule has 116 valence electrons. The molecule has 2 aliphatic carbocycles. The minimum atomic E-state index is -3.40. The van der Waals surface area contributed by atoms with E-state index in [9.17, 15) is 18.3 Å². The van der Waals surface area contributed by atoms with E-state index in [1.165, 1.54) is 0 Å². The summed E-state index contributed by atoms with van der Waals surface area (Å²) in [5.74, 6) is -0.895. The van der Waals surface area contributed by atoms with Crippen LogP contribution in [0.5, 0.6) is 0 Å². The summed E-state index contributed by atoms with van der Waals surface area (Å²) < 4.78 is 27.6. The summed E-state index contributed by atoms with van der Waals surface area (Å²) in [5, 5.41) is 9.10. The highest BCUT2D eigenvalue weighted by molar-refractivity contribution is 7.90. The van der Waals surface area contributed by atoms with E-state index in [2.05, 4.69) is 4.72 Å². The molecule has 2 aliphatic rings. The highest BCUT2D eigenvalue weighted by Gasteiger charge is 2.45. The fraction of sp³-hybridized carbons (Fsp3) is 0.929. The number of nitrogens with one attached hydrogen (secondary N) is 1. The Labute approximate surface area is 121 Å². The van der Waals surface area contributed by atoms with Crippen molar-refractivity contribution in [2.24, 2.45) is 5.41 Å². The zero-order valence-corrected chi connectivity index (χ0v) is 12.9. The second-order valence-electron chi connectivity index (χ2n) is 6.44. The summed E-state index contributed by atoms with van der Waals surface area (Å²) in [6.45, 7) is 1.67. The molecule has 5 nitrogen and oxygen atoms in total. The Bertz CT molecular complexity index is 456. The van der Waals surface area contributed by atoms with E-state index in [0.717, 1.165) is 32.1 Å². The van der Waals surface area contributed by atoms with Crippen LogP contribution in [0.3, 0.4) is 0 Å². The Kier molecular flexibility index (Phi) is 4.74. The van der Waals surface area contributed by atoms with Crippen molar-refractivity contribution in [2.45, 2.75) is 76.0 Å². The standard InChI is InChI=1S/C14H25NO4S/c1-14(13(16)17)10-6-5-9-12(14)15-20(18,19)11-7-3-2-4-8-11/h11-12,15H,2-10H2,1H3,(H,16,17). The molecule has 0 bridgehead atoms. The summed E-state index contributed by atoms with van der Waals surface area (Å²) in [5.41, 5.74) is -0.972. The highest BCUT2D eigenvalue weighted by atomic mass is 32.2. The summed E-state index contributed by atoms with van der Waals surface area (Å²) >= 11 is 0. The Morgan fingerprint density at radius 2 is 1.70 bits per heavy atom. The second kappa shape index (κ2) is 6.02. The van der Waals surface area contributed by atoms with Crippen LogP contribution in [0, 0.1) is 5.41 Å². The van der Waals surface area contributed by atoms with Crippen molar-refractivity contribution >= 4 is 16.0 Å². The third kappa shape index (κ3) is 3.17. The Hall–Kier alpha value is -0.620. The average Bonchev–Trinajstić information content (AvgIpc) is 2.42. The molecule has 2 unspecified atom stereocenters. The van der Waals surface area contributed by atoms with Crippen molar-refractivity contribution in [3.8, 4) is 0 Å². The third-order valence-corrected chi connectivity index (χ3v) is 6.96. The summed E-state index contributed by atoms with van der Waals surface area (Å²) in [4.78, 5) is 11.5. The molecule has 2 N–H and O–H groups in total. The molecule has 0 aromatic heterocycles. The maximum atomic E-state index is 12.5. The largest absolute Gasteiger partial charge is 0.481 e. The van der Waals surface area contributed by atoms with Gasteiger partial charge in [-0.1, -0.05) is 32.1 Å². The number of sulfonamides is 1. The van der Waals surface area contributed by atoms with Crippen LogP contribution < -0.4 is 4.72 Å². The number of carbonyl (C=O) groups is 1. The van der Waals surface area contributed by atoms with E-state index in [1.54, 1.807) is 6.92 Å². The van der Waals surface area contributed by atoms with Gasteiger partial charge in [0.05, 0.1) is 10.7 Å². The minimum Gasteiger partial charge on any atom is -0.481 e. The molecule has 0 aromatic carbocycles. The first-order valence-corrected chi connectivity index (χ1v) is 9.15. The molecule has 2 rings (SSSR count). The summed E-state index contributed by atoms with van der Waals surface area (Å²) in [6.07, 6.45) is 7.30. The zero-order valence-electron chi connectivity index (χ0n) is 12.1. The van der Waals surface area contributed by atoms with Crippen molar-refractivity contribution in [3.63, 3.8) is 0 Å². The lowest BCUT2D eigenvalue weighted by atomic mass is 9.72. The highest BCUT2D eigenvalue weighted by Crippen LogP contribution is 2.37. The second-order valence-corrected chi connectivity index (χ2v) is 8.44. The lowest BCUT2D eigenvalue weighted by Gasteiger charge is -2.39. The third-order valence-electron chi connectivity index (χ3n) is 4.99. The van der Waals surface area contributed by atoms with Crippen LogP contribution in [-0.2, 0) is 14.8 Å². The van der Waals surface area contributed by atoms with Gasteiger partial charge < -0.3 is 5.11 Å². The quantitative estimate of drug-likeness (QED) is 0.834.